The quantitative estimate of drug-likeness (QED) is 0.658. The third-order valence-electron chi connectivity index (χ3n) is 3.25. The maximum atomic E-state index is 6.25. The average molecular weight is 343 g/mol. The molecule has 1 aromatic carbocycles. The van der Waals surface area contributed by atoms with Crippen molar-refractivity contribution in [2.45, 2.75) is 19.9 Å². The zero-order valence-electron chi connectivity index (χ0n) is 11.2. The lowest BCUT2D eigenvalue weighted by molar-refractivity contribution is 0.556. The molecule has 0 fully saturated rings. The maximum absolute atomic E-state index is 6.25. The van der Waals surface area contributed by atoms with Crippen molar-refractivity contribution >= 4 is 46.0 Å². The molecule has 1 unspecified atom stereocenters. The second kappa shape index (κ2) is 5.40. The Labute approximate surface area is 135 Å². The van der Waals surface area contributed by atoms with Crippen LogP contribution >= 0.6 is 34.8 Å². The number of nitrogens with zero attached hydrogens (tertiary/aromatic N) is 5. The van der Waals surface area contributed by atoms with Crippen molar-refractivity contribution in [1.29, 1.82) is 0 Å². The van der Waals surface area contributed by atoms with E-state index < -0.39 is 0 Å². The zero-order valence-corrected chi connectivity index (χ0v) is 13.4. The summed E-state index contributed by atoms with van der Waals surface area (Å²) in [6, 6.07) is 5.18. The highest BCUT2D eigenvalue weighted by Crippen LogP contribution is 2.29. The van der Waals surface area contributed by atoms with Crippen LogP contribution in [0.5, 0.6) is 0 Å². The molecule has 3 aromatic rings. The molecule has 0 N–H and O–H groups in total. The molecular weight excluding hydrogens is 333 g/mol. The van der Waals surface area contributed by atoms with Gasteiger partial charge in [-0.2, -0.15) is 4.98 Å². The van der Waals surface area contributed by atoms with Crippen LogP contribution in [0.15, 0.2) is 18.2 Å². The molecule has 108 valence electrons. The van der Waals surface area contributed by atoms with Gasteiger partial charge in [0, 0.05) is 10.0 Å². The Bertz CT molecular complexity index is 830. The van der Waals surface area contributed by atoms with E-state index in [2.05, 4.69) is 20.3 Å². The summed E-state index contributed by atoms with van der Waals surface area (Å²) in [6.45, 7) is 3.77. The molecule has 5 nitrogen and oxygen atoms in total. The summed E-state index contributed by atoms with van der Waals surface area (Å²) in [5, 5.41) is 9.58. The molecular formula is C13H10Cl3N5. The minimum Gasteiger partial charge on any atom is -0.221 e. The van der Waals surface area contributed by atoms with Crippen LogP contribution in [0, 0.1) is 6.92 Å². The van der Waals surface area contributed by atoms with Crippen molar-refractivity contribution in [1.82, 2.24) is 25.0 Å². The van der Waals surface area contributed by atoms with E-state index in [0.29, 0.717) is 26.9 Å². The summed E-state index contributed by atoms with van der Waals surface area (Å²) in [5.41, 5.74) is 2.76. The fourth-order valence-corrected chi connectivity index (χ4v) is 2.94. The summed E-state index contributed by atoms with van der Waals surface area (Å²) >= 11 is 18.1. The van der Waals surface area contributed by atoms with Crippen LogP contribution in [0.1, 0.15) is 24.2 Å². The van der Waals surface area contributed by atoms with Crippen molar-refractivity contribution in [2.75, 3.05) is 0 Å². The van der Waals surface area contributed by atoms with E-state index in [1.807, 2.05) is 19.9 Å². The van der Waals surface area contributed by atoms with Crippen LogP contribution in [0.2, 0.25) is 15.3 Å². The van der Waals surface area contributed by atoms with Gasteiger partial charge >= 0.3 is 0 Å². The van der Waals surface area contributed by atoms with Crippen molar-refractivity contribution in [3.63, 3.8) is 0 Å². The summed E-state index contributed by atoms with van der Waals surface area (Å²) in [7, 11) is 0. The highest BCUT2D eigenvalue weighted by molar-refractivity contribution is 6.35. The predicted octanol–water partition coefficient (Wildman–Crippen LogP) is 4.10. The van der Waals surface area contributed by atoms with Crippen molar-refractivity contribution in [3.05, 3.63) is 44.8 Å². The molecule has 0 aliphatic heterocycles. The third kappa shape index (κ3) is 2.57. The molecule has 0 amide bonds. The second-order valence-electron chi connectivity index (χ2n) is 4.63. The molecule has 3 rings (SSSR count). The Morgan fingerprint density at radius 3 is 2.62 bits per heavy atom. The maximum Gasteiger partial charge on any atom is 0.224 e. The van der Waals surface area contributed by atoms with Gasteiger partial charge in [-0.1, -0.05) is 34.5 Å². The van der Waals surface area contributed by atoms with E-state index in [9.17, 15) is 0 Å². The van der Waals surface area contributed by atoms with E-state index in [-0.39, 0.29) is 11.3 Å². The van der Waals surface area contributed by atoms with E-state index in [0.717, 1.165) is 5.56 Å². The standard InChI is InChI=1S/C13H10Cl3N5/c1-6-11-12(18-13(16)17-6)21(20-19-11)7(2)9-4-3-8(14)5-10(9)15/h3-5,7H,1-2H3. The van der Waals surface area contributed by atoms with E-state index >= 15 is 0 Å². The highest BCUT2D eigenvalue weighted by Gasteiger charge is 2.19. The number of benzene rings is 1. The fraction of sp³-hybridized carbons (Fsp3) is 0.231. The van der Waals surface area contributed by atoms with Crippen LogP contribution in [-0.2, 0) is 0 Å². The van der Waals surface area contributed by atoms with Crippen LogP contribution < -0.4 is 0 Å². The Hall–Kier alpha value is -1.43. The summed E-state index contributed by atoms with van der Waals surface area (Å²) in [5.74, 6) is 0. The van der Waals surface area contributed by atoms with Gasteiger partial charge in [0.05, 0.1) is 11.7 Å². The molecule has 1 atom stereocenters. The number of rotatable bonds is 2. The molecule has 0 radical (unpaired) electrons. The van der Waals surface area contributed by atoms with Gasteiger partial charge in [0.15, 0.2) is 11.2 Å². The van der Waals surface area contributed by atoms with Gasteiger partial charge in [-0.05, 0) is 43.1 Å². The number of aromatic nitrogens is 5. The highest BCUT2D eigenvalue weighted by atomic mass is 35.5. The Kier molecular flexibility index (Phi) is 3.73. The van der Waals surface area contributed by atoms with Crippen molar-refractivity contribution < 1.29 is 0 Å². The molecule has 2 heterocycles. The predicted molar refractivity (Wildman–Crippen MR) is 83.1 cm³/mol. The normalized spacial score (nSPS) is 12.8. The molecule has 0 spiro atoms. The SMILES string of the molecule is Cc1nc(Cl)nc2c1nnn2C(C)c1ccc(Cl)cc1Cl. The van der Waals surface area contributed by atoms with Crippen LogP contribution in [0.4, 0.5) is 0 Å². The van der Waals surface area contributed by atoms with Gasteiger partial charge in [-0.15, -0.1) is 5.10 Å². The monoisotopic (exact) mass is 341 g/mol. The first-order chi connectivity index (χ1) is 9.97. The number of halogens is 3. The fourth-order valence-electron chi connectivity index (χ4n) is 2.16. The largest absolute Gasteiger partial charge is 0.224 e. The minimum atomic E-state index is -0.162. The smallest absolute Gasteiger partial charge is 0.221 e. The van der Waals surface area contributed by atoms with Gasteiger partial charge in [-0.3, -0.25) is 0 Å². The van der Waals surface area contributed by atoms with Gasteiger partial charge in [0.1, 0.15) is 0 Å². The number of hydrogen-bond acceptors (Lipinski definition) is 4. The first kappa shape index (κ1) is 14.5. The number of fused-ring (bicyclic) bond motifs is 1. The van der Waals surface area contributed by atoms with E-state index in [1.165, 1.54) is 0 Å². The number of aryl methyl sites for hydroxylation is 1. The molecule has 8 heteroatoms. The van der Waals surface area contributed by atoms with Crippen molar-refractivity contribution in [2.24, 2.45) is 0 Å². The molecule has 0 saturated heterocycles. The Morgan fingerprint density at radius 2 is 1.90 bits per heavy atom. The minimum absolute atomic E-state index is 0.162. The van der Waals surface area contributed by atoms with Crippen LogP contribution in [0.3, 0.4) is 0 Å². The first-order valence-electron chi connectivity index (χ1n) is 6.17. The molecule has 0 aliphatic rings. The second-order valence-corrected chi connectivity index (χ2v) is 5.81. The Morgan fingerprint density at radius 1 is 1.14 bits per heavy atom. The lowest BCUT2D eigenvalue weighted by Crippen LogP contribution is -2.10. The summed E-state index contributed by atoms with van der Waals surface area (Å²) in [6.07, 6.45) is 0. The summed E-state index contributed by atoms with van der Waals surface area (Å²) < 4.78 is 1.67. The lowest BCUT2D eigenvalue weighted by Gasteiger charge is -2.14. The molecule has 2 aromatic heterocycles. The zero-order chi connectivity index (χ0) is 15.1. The van der Waals surface area contributed by atoms with Gasteiger partial charge in [0.2, 0.25) is 5.28 Å². The van der Waals surface area contributed by atoms with Crippen molar-refractivity contribution in [3.8, 4) is 0 Å². The molecule has 0 bridgehead atoms. The van der Waals surface area contributed by atoms with Crippen LogP contribution in [-0.4, -0.2) is 25.0 Å². The summed E-state index contributed by atoms with van der Waals surface area (Å²) in [4.78, 5) is 8.28. The van der Waals surface area contributed by atoms with Gasteiger partial charge in [-0.25, -0.2) is 9.67 Å². The van der Waals surface area contributed by atoms with Crippen LogP contribution in [0.25, 0.3) is 11.2 Å². The average Bonchev–Trinajstić information content (AvgIpc) is 2.82. The first-order valence-corrected chi connectivity index (χ1v) is 7.30. The molecule has 21 heavy (non-hydrogen) atoms. The molecule has 0 aliphatic carbocycles. The topological polar surface area (TPSA) is 56.5 Å². The van der Waals surface area contributed by atoms with E-state index in [1.54, 1.807) is 16.8 Å². The van der Waals surface area contributed by atoms with E-state index in [4.69, 9.17) is 34.8 Å². The third-order valence-corrected chi connectivity index (χ3v) is 3.98. The Balaban J connectivity index is 2.15. The van der Waals surface area contributed by atoms with Gasteiger partial charge < -0.3 is 0 Å². The number of hydrogen-bond donors (Lipinski definition) is 0. The lowest BCUT2D eigenvalue weighted by atomic mass is 10.1. The van der Waals surface area contributed by atoms with Gasteiger partial charge in [0.25, 0.3) is 0 Å². The molecule has 0 saturated carbocycles.